The molecule has 2 unspecified atom stereocenters. The number of hydrogen-bond donors (Lipinski definition) is 2. The Morgan fingerprint density at radius 2 is 2.05 bits per heavy atom. The van der Waals surface area contributed by atoms with Crippen LogP contribution >= 0.6 is 12.4 Å². The predicted molar refractivity (Wildman–Crippen MR) is 84.2 cm³/mol. The Kier molecular flexibility index (Phi) is 5.99. The summed E-state index contributed by atoms with van der Waals surface area (Å²) in [5, 5.41) is 13.4. The molecule has 2 heterocycles. The van der Waals surface area contributed by atoms with Crippen LogP contribution in [0.2, 0.25) is 0 Å². The number of aliphatic hydroxyl groups excluding tert-OH is 1. The van der Waals surface area contributed by atoms with Gasteiger partial charge in [-0.25, -0.2) is 4.39 Å². The van der Waals surface area contributed by atoms with Crippen LogP contribution in [0.3, 0.4) is 0 Å². The van der Waals surface area contributed by atoms with Crippen LogP contribution in [0.1, 0.15) is 30.9 Å². The minimum Gasteiger partial charge on any atom is -0.392 e. The van der Waals surface area contributed by atoms with E-state index in [1.54, 1.807) is 12.1 Å². The normalized spacial score (nSPS) is 27.5. The summed E-state index contributed by atoms with van der Waals surface area (Å²) < 4.78 is 13.4. The summed E-state index contributed by atoms with van der Waals surface area (Å²) in [5.41, 5.74) is 0.996. The van der Waals surface area contributed by atoms with Gasteiger partial charge in [-0.15, -0.1) is 12.4 Å². The van der Waals surface area contributed by atoms with Crippen molar-refractivity contribution in [3.05, 3.63) is 35.6 Å². The third-order valence-corrected chi connectivity index (χ3v) is 4.57. The van der Waals surface area contributed by atoms with Crippen molar-refractivity contribution in [3.63, 3.8) is 0 Å². The van der Waals surface area contributed by atoms with E-state index in [-0.39, 0.29) is 30.4 Å². The van der Waals surface area contributed by atoms with E-state index in [1.165, 1.54) is 18.9 Å². The SMILES string of the molecule is Cl.OC1CC(c2cccc(F)c2)N(CC2CCNCC2)C1. The Hall–Kier alpha value is -0.680. The molecule has 3 rings (SSSR count). The van der Waals surface area contributed by atoms with Gasteiger partial charge in [0.15, 0.2) is 0 Å². The first-order valence-corrected chi connectivity index (χ1v) is 7.60. The molecular weight excluding hydrogens is 291 g/mol. The fourth-order valence-corrected chi connectivity index (χ4v) is 3.54. The molecule has 2 aliphatic heterocycles. The molecule has 1 aromatic carbocycles. The van der Waals surface area contributed by atoms with Crippen molar-refractivity contribution in [1.82, 2.24) is 10.2 Å². The molecule has 2 N–H and O–H groups in total. The maximum Gasteiger partial charge on any atom is 0.123 e. The quantitative estimate of drug-likeness (QED) is 0.899. The van der Waals surface area contributed by atoms with Gasteiger partial charge in [-0.05, 0) is 56.0 Å². The summed E-state index contributed by atoms with van der Waals surface area (Å²) in [6.07, 6.45) is 2.82. The van der Waals surface area contributed by atoms with Crippen LogP contribution in [0.5, 0.6) is 0 Å². The molecule has 118 valence electrons. The van der Waals surface area contributed by atoms with Gasteiger partial charge >= 0.3 is 0 Å². The fraction of sp³-hybridized carbons (Fsp3) is 0.625. The molecule has 21 heavy (non-hydrogen) atoms. The second-order valence-corrected chi connectivity index (χ2v) is 6.11. The fourth-order valence-electron chi connectivity index (χ4n) is 3.54. The van der Waals surface area contributed by atoms with E-state index in [1.807, 2.05) is 6.07 Å². The number of aliphatic hydroxyl groups is 1. The topological polar surface area (TPSA) is 35.5 Å². The summed E-state index contributed by atoms with van der Waals surface area (Å²) in [7, 11) is 0. The standard InChI is InChI=1S/C16H23FN2O.ClH/c17-14-3-1-2-13(8-14)16-9-15(20)11-19(16)10-12-4-6-18-7-5-12;/h1-3,8,12,15-16,18,20H,4-7,9-11H2;1H. The summed E-state index contributed by atoms with van der Waals surface area (Å²) in [5.74, 6) is 0.503. The van der Waals surface area contributed by atoms with Gasteiger partial charge in [0.1, 0.15) is 5.82 Å². The number of nitrogens with one attached hydrogen (secondary N) is 1. The van der Waals surface area contributed by atoms with E-state index in [4.69, 9.17) is 0 Å². The molecule has 0 saturated carbocycles. The van der Waals surface area contributed by atoms with E-state index >= 15 is 0 Å². The molecule has 0 radical (unpaired) electrons. The molecule has 2 atom stereocenters. The Labute approximate surface area is 131 Å². The van der Waals surface area contributed by atoms with E-state index in [2.05, 4.69) is 10.2 Å². The first-order valence-electron chi connectivity index (χ1n) is 7.60. The molecule has 5 heteroatoms. The molecular formula is C16H24ClFN2O. The molecule has 3 nitrogen and oxygen atoms in total. The van der Waals surface area contributed by atoms with Gasteiger partial charge < -0.3 is 10.4 Å². The van der Waals surface area contributed by atoms with Crippen molar-refractivity contribution in [2.45, 2.75) is 31.4 Å². The van der Waals surface area contributed by atoms with Crippen molar-refractivity contribution in [1.29, 1.82) is 0 Å². The number of halogens is 2. The van der Waals surface area contributed by atoms with Gasteiger partial charge in [0, 0.05) is 19.1 Å². The summed E-state index contributed by atoms with van der Waals surface area (Å²) >= 11 is 0. The highest BCUT2D eigenvalue weighted by atomic mass is 35.5. The van der Waals surface area contributed by atoms with E-state index in [9.17, 15) is 9.50 Å². The van der Waals surface area contributed by atoms with Crippen LogP contribution in [0.25, 0.3) is 0 Å². The van der Waals surface area contributed by atoms with Crippen LogP contribution in [-0.4, -0.2) is 42.3 Å². The van der Waals surface area contributed by atoms with Crippen LogP contribution in [0.15, 0.2) is 24.3 Å². The van der Waals surface area contributed by atoms with Crippen molar-refractivity contribution in [2.75, 3.05) is 26.2 Å². The van der Waals surface area contributed by atoms with Crippen molar-refractivity contribution >= 4 is 12.4 Å². The molecule has 1 aromatic rings. The Morgan fingerprint density at radius 3 is 2.76 bits per heavy atom. The predicted octanol–water partition coefficient (Wildman–Crippen LogP) is 2.35. The molecule has 0 aromatic heterocycles. The summed E-state index contributed by atoms with van der Waals surface area (Å²) in [6, 6.07) is 6.99. The highest BCUT2D eigenvalue weighted by Crippen LogP contribution is 2.33. The van der Waals surface area contributed by atoms with Gasteiger partial charge in [-0.2, -0.15) is 0 Å². The lowest BCUT2D eigenvalue weighted by Gasteiger charge is -2.31. The summed E-state index contributed by atoms with van der Waals surface area (Å²) in [6.45, 7) is 3.91. The molecule has 0 bridgehead atoms. The molecule has 0 aliphatic carbocycles. The van der Waals surface area contributed by atoms with Crippen LogP contribution < -0.4 is 5.32 Å². The Bertz CT molecular complexity index is 454. The Morgan fingerprint density at radius 1 is 1.29 bits per heavy atom. The van der Waals surface area contributed by atoms with Crippen LogP contribution in [-0.2, 0) is 0 Å². The van der Waals surface area contributed by atoms with E-state index < -0.39 is 0 Å². The van der Waals surface area contributed by atoms with Crippen LogP contribution in [0, 0.1) is 11.7 Å². The van der Waals surface area contributed by atoms with Gasteiger partial charge in [0.25, 0.3) is 0 Å². The second kappa shape index (κ2) is 7.54. The average molecular weight is 315 g/mol. The van der Waals surface area contributed by atoms with E-state index in [0.717, 1.165) is 25.2 Å². The number of rotatable bonds is 3. The molecule has 2 fully saturated rings. The van der Waals surface area contributed by atoms with Crippen molar-refractivity contribution < 1.29 is 9.50 Å². The first kappa shape index (κ1) is 16.7. The lowest BCUT2D eigenvalue weighted by Crippen LogP contribution is -2.36. The third kappa shape index (κ3) is 4.16. The number of likely N-dealkylation sites (tertiary alicyclic amines) is 1. The number of hydrogen-bond acceptors (Lipinski definition) is 3. The molecule has 2 aliphatic rings. The van der Waals surface area contributed by atoms with Crippen LogP contribution in [0.4, 0.5) is 4.39 Å². The highest BCUT2D eigenvalue weighted by molar-refractivity contribution is 5.85. The van der Waals surface area contributed by atoms with Gasteiger partial charge in [0.2, 0.25) is 0 Å². The maximum absolute atomic E-state index is 13.4. The number of nitrogens with zero attached hydrogens (tertiary/aromatic N) is 1. The smallest absolute Gasteiger partial charge is 0.123 e. The third-order valence-electron chi connectivity index (χ3n) is 4.57. The monoisotopic (exact) mass is 314 g/mol. The maximum atomic E-state index is 13.4. The average Bonchev–Trinajstić information content (AvgIpc) is 2.81. The number of piperidine rings is 1. The second-order valence-electron chi connectivity index (χ2n) is 6.11. The van der Waals surface area contributed by atoms with Gasteiger partial charge in [-0.3, -0.25) is 4.90 Å². The largest absolute Gasteiger partial charge is 0.392 e. The minimum absolute atomic E-state index is 0. The molecule has 0 spiro atoms. The zero-order valence-corrected chi connectivity index (χ0v) is 13.0. The highest BCUT2D eigenvalue weighted by Gasteiger charge is 2.33. The zero-order valence-electron chi connectivity index (χ0n) is 12.2. The lowest BCUT2D eigenvalue weighted by atomic mass is 9.96. The zero-order chi connectivity index (χ0) is 13.9. The Balaban J connectivity index is 0.00000161. The van der Waals surface area contributed by atoms with Gasteiger partial charge in [0.05, 0.1) is 6.10 Å². The number of β-amino-alcohol motifs (C(OH)–C–C–N with tert-alkyl or cyclic N) is 1. The number of benzene rings is 1. The summed E-state index contributed by atoms with van der Waals surface area (Å²) in [4.78, 5) is 2.34. The lowest BCUT2D eigenvalue weighted by molar-refractivity contribution is 0.157. The molecule has 2 saturated heterocycles. The van der Waals surface area contributed by atoms with E-state index in [0.29, 0.717) is 18.9 Å². The molecule has 0 amide bonds. The van der Waals surface area contributed by atoms with Crippen molar-refractivity contribution in [3.8, 4) is 0 Å². The van der Waals surface area contributed by atoms with Gasteiger partial charge in [-0.1, -0.05) is 12.1 Å². The van der Waals surface area contributed by atoms with Crippen molar-refractivity contribution in [2.24, 2.45) is 5.92 Å². The first-order chi connectivity index (χ1) is 9.72. The minimum atomic E-state index is -0.287.